The number of likely N-dealkylation sites (tertiary alicyclic amines) is 1. The van der Waals surface area contributed by atoms with Crippen LogP contribution in [0.1, 0.15) is 40.5 Å². The van der Waals surface area contributed by atoms with Gasteiger partial charge in [0.25, 0.3) is 0 Å². The minimum absolute atomic E-state index is 0.130. The van der Waals surface area contributed by atoms with Crippen molar-refractivity contribution in [1.29, 1.82) is 0 Å². The minimum Gasteiger partial charge on any atom is -0.444 e. The van der Waals surface area contributed by atoms with Crippen molar-refractivity contribution in [2.45, 2.75) is 58.2 Å². The molecule has 2 fully saturated rings. The van der Waals surface area contributed by atoms with Crippen LogP contribution in [0.25, 0.3) is 0 Å². The first-order valence-electron chi connectivity index (χ1n) is 5.40. The van der Waals surface area contributed by atoms with Crippen LogP contribution in [-0.2, 0) is 4.74 Å². The molecule has 2 rings (SSSR count). The second-order valence-electron chi connectivity index (χ2n) is 5.54. The summed E-state index contributed by atoms with van der Waals surface area (Å²) in [6.07, 6.45) is 2.21. The lowest BCUT2D eigenvalue weighted by molar-refractivity contribution is 0.0199. The number of carbonyl (C=O) groups is 1. The lowest BCUT2D eigenvalue weighted by Crippen LogP contribution is -2.40. The maximum absolute atomic E-state index is 11.8. The third-order valence-electron chi connectivity index (χ3n) is 2.97. The van der Waals surface area contributed by atoms with Gasteiger partial charge in [0.05, 0.1) is 0 Å². The van der Waals surface area contributed by atoms with E-state index in [1.807, 2.05) is 25.7 Å². The van der Waals surface area contributed by atoms with Crippen molar-refractivity contribution in [2.24, 2.45) is 5.92 Å². The Morgan fingerprint density at radius 3 is 2.43 bits per heavy atom. The van der Waals surface area contributed by atoms with Crippen molar-refractivity contribution in [1.82, 2.24) is 4.90 Å². The molecule has 1 amide bonds. The fourth-order valence-corrected chi connectivity index (χ4v) is 2.33. The standard InChI is InChI=1S/C11H19NO2/c1-7-5-8-6-9(8)12(7)10(13)14-11(2,3)4/h7-9H,5-6H2,1-4H3/t7-,8-,9+/m1/s1. The van der Waals surface area contributed by atoms with E-state index < -0.39 is 0 Å². The first-order valence-corrected chi connectivity index (χ1v) is 5.40. The van der Waals surface area contributed by atoms with Crippen LogP contribution in [-0.4, -0.2) is 28.7 Å². The molecule has 1 aliphatic carbocycles. The van der Waals surface area contributed by atoms with Gasteiger partial charge in [0, 0.05) is 12.1 Å². The van der Waals surface area contributed by atoms with Crippen molar-refractivity contribution in [3.05, 3.63) is 0 Å². The highest BCUT2D eigenvalue weighted by Crippen LogP contribution is 2.48. The Hall–Kier alpha value is -0.730. The van der Waals surface area contributed by atoms with E-state index in [2.05, 4.69) is 6.92 Å². The van der Waals surface area contributed by atoms with Gasteiger partial charge in [-0.15, -0.1) is 0 Å². The molecule has 1 saturated carbocycles. The summed E-state index contributed by atoms with van der Waals surface area (Å²) in [6.45, 7) is 7.85. The molecule has 0 spiro atoms. The van der Waals surface area contributed by atoms with Crippen molar-refractivity contribution in [2.75, 3.05) is 0 Å². The van der Waals surface area contributed by atoms with Gasteiger partial charge in [-0.1, -0.05) is 0 Å². The lowest BCUT2D eigenvalue weighted by Gasteiger charge is -2.28. The molecule has 0 aromatic heterocycles. The van der Waals surface area contributed by atoms with Gasteiger partial charge in [0.2, 0.25) is 0 Å². The quantitative estimate of drug-likeness (QED) is 0.596. The van der Waals surface area contributed by atoms with Crippen LogP contribution in [0, 0.1) is 5.92 Å². The zero-order valence-electron chi connectivity index (χ0n) is 9.41. The Balaban J connectivity index is 1.98. The molecular weight excluding hydrogens is 178 g/mol. The average molecular weight is 197 g/mol. The molecule has 3 nitrogen and oxygen atoms in total. The number of piperidine rings is 1. The minimum atomic E-state index is -0.371. The van der Waals surface area contributed by atoms with E-state index in [-0.39, 0.29) is 11.7 Å². The maximum Gasteiger partial charge on any atom is 0.410 e. The van der Waals surface area contributed by atoms with Gasteiger partial charge < -0.3 is 9.64 Å². The molecule has 0 aromatic rings. The Kier molecular flexibility index (Phi) is 2.02. The lowest BCUT2D eigenvalue weighted by atomic mass is 10.2. The number of amides is 1. The number of hydrogen-bond acceptors (Lipinski definition) is 2. The molecule has 1 heterocycles. The zero-order chi connectivity index (χ0) is 10.5. The monoisotopic (exact) mass is 197 g/mol. The molecule has 1 saturated heterocycles. The molecular formula is C11H19NO2. The van der Waals surface area contributed by atoms with Crippen LogP contribution in [0.5, 0.6) is 0 Å². The SMILES string of the molecule is C[C@@H]1C[C@@H]2C[C@@H]2N1C(=O)OC(C)(C)C. The Morgan fingerprint density at radius 1 is 1.36 bits per heavy atom. The average Bonchev–Trinajstić information content (AvgIpc) is 2.58. The number of ether oxygens (including phenoxy) is 1. The van der Waals surface area contributed by atoms with E-state index in [1.54, 1.807) is 0 Å². The third kappa shape index (κ3) is 1.72. The van der Waals surface area contributed by atoms with E-state index in [4.69, 9.17) is 4.74 Å². The Labute approximate surface area is 85.4 Å². The highest BCUT2D eigenvalue weighted by molar-refractivity contribution is 5.70. The number of hydrogen-bond donors (Lipinski definition) is 0. The fraction of sp³-hybridized carbons (Fsp3) is 0.909. The summed E-state index contributed by atoms with van der Waals surface area (Å²) in [5.41, 5.74) is -0.371. The number of fused-ring (bicyclic) bond motifs is 1. The summed E-state index contributed by atoms with van der Waals surface area (Å²) in [5, 5.41) is 0. The van der Waals surface area contributed by atoms with Gasteiger partial charge in [-0.05, 0) is 46.5 Å². The summed E-state index contributed by atoms with van der Waals surface area (Å²) in [6, 6.07) is 0.855. The third-order valence-corrected chi connectivity index (χ3v) is 2.97. The summed E-state index contributed by atoms with van der Waals surface area (Å²) >= 11 is 0. The molecule has 3 atom stereocenters. The van der Waals surface area contributed by atoms with Gasteiger partial charge >= 0.3 is 6.09 Å². The van der Waals surface area contributed by atoms with E-state index in [1.165, 1.54) is 6.42 Å². The molecule has 3 heteroatoms. The highest BCUT2D eigenvalue weighted by atomic mass is 16.6. The van der Waals surface area contributed by atoms with Crippen molar-refractivity contribution in [3.8, 4) is 0 Å². The predicted molar refractivity (Wildman–Crippen MR) is 54.0 cm³/mol. The van der Waals surface area contributed by atoms with Crippen molar-refractivity contribution < 1.29 is 9.53 Å². The summed E-state index contributed by atoms with van der Waals surface area (Å²) in [7, 11) is 0. The zero-order valence-corrected chi connectivity index (χ0v) is 9.41. The molecule has 1 aliphatic heterocycles. The first-order chi connectivity index (χ1) is 6.38. The van der Waals surface area contributed by atoms with Gasteiger partial charge in [-0.3, -0.25) is 0 Å². The van der Waals surface area contributed by atoms with Crippen LogP contribution in [0.4, 0.5) is 4.79 Å². The molecule has 0 bridgehead atoms. The second-order valence-corrected chi connectivity index (χ2v) is 5.54. The predicted octanol–water partition coefficient (Wildman–Crippen LogP) is 2.40. The molecule has 2 aliphatic rings. The van der Waals surface area contributed by atoms with Crippen molar-refractivity contribution >= 4 is 6.09 Å². The van der Waals surface area contributed by atoms with E-state index in [0.717, 1.165) is 12.3 Å². The number of nitrogens with zero attached hydrogens (tertiary/aromatic N) is 1. The summed E-state index contributed by atoms with van der Waals surface area (Å²) < 4.78 is 5.38. The topological polar surface area (TPSA) is 29.5 Å². The van der Waals surface area contributed by atoms with Crippen LogP contribution in [0.2, 0.25) is 0 Å². The van der Waals surface area contributed by atoms with Crippen LogP contribution in [0.15, 0.2) is 0 Å². The molecule has 0 aromatic carbocycles. The number of rotatable bonds is 0. The highest BCUT2D eigenvalue weighted by Gasteiger charge is 2.53. The van der Waals surface area contributed by atoms with Gasteiger partial charge in [0.15, 0.2) is 0 Å². The van der Waals surface area contributed by atoms with Gasteiger partial charge in [-0.2, -0.15) is 0 Å². The normalized spacial score (nSPS) is 35.4. The number of carbonyl (C=O) groups excluding carboxylic acids is 1. The molecule has 0 N–H and O–H groups in total. The summed E-state index contributed by atoms with van der Waals surface area (Å²) in [4.78, 5) is 13.7. The molecule has 0 unspecified atom stereocenters. The van der Waals surface area contributed by atoms with Crippen LogP contribution in [0.3, 0.4) is 0 Å². The molecule has 14 heavy (non-hydrogen) atoms. The van der Waals surface area contributed by atoms with E-state index >= 15 is 0 Å². The Bertz CT molecular complexity index is 255. The largest absolute Gasteiger partial charge is 0.444 e. The smallest absolute Gasteiger partial charge is 0.410 e. The van der Waals surface area contributed by atoms with Crippen molar-refractivity contribution in [3.63, 3.8) is 0 Å². The molecule has 80 valence electrons. The Morgan fingerprint density at radius 2 is 2.00 bits per heavy atom. The fourth-order valence-electron chi connectivity index (χ4n) is 2.33. The van der Waals surface area contributed by atoms with E-state index in [0.29, 0.717) is 12.1 Å². The van der Waals surface area contributed by atoms with Crippen LogP contribution >= 0.6 is 0 Å². The van der Waals surface area contributed by atoms with E-state index in [9.17, 15) is 4.79 Å². The van der Waals surface area contributed by atoms with Gasteiger partial charge in [0.1, 0.15) is 5.60 Å². The first kappa shape index (κ1) is 9.81. The van der Waals surface area contributed by atoms with Crippen LogP contribution < -0.4 is 0 Å². The molecule has 0 radical (unpaired) electrons. The summed E-state index contributed by atoms with van der Waals surface area (Å²) in [5.74, 6) is 0.762. The second kappa shape index (κ2) is 2.88. The maximum atomic E-state index is 11.8. The van der Waals surface area contributed by atoms with Gasteiger partial charge in [-0.25, -0.2) is 4.79 Å².